The molecular weight excluding hydrogens is 420 g/mol. The van der Waals surface area contributed by atoms with E-state index in [0.29, 0.717) is 29.9 Å². The molecule has 3 heterocycles. The topological polar surface area (TPSA) is 108 Å². The zero-order chi connectivity index (χ0) is 22.6. The predicted molar refractivity (Wildman–Crippen MR) is 122 cm³/mol. The summed E-state index contributed by atoms with van der Waals surface area (Å²) < 4.78 is 8.71. The lowest BCUT2D eigenvalue weighted by Gasteiger charge is -2.07. The van der Waals surface area contributed by atoms with Gasteiger partial charge in [-0.1, -0.05) is 60.7 Å². The van der Waals surface area contributed by atoms with Gasteiger partial charge in [-0.15, -0.1) is 0 Å². The van der Waals surface area contributed by atoms with E-state index < -0.39 is 5.91 Å². The molecule has 0 aliphatic heterocycles. The Morgan fingerprint density at radius 2 is 1.73 bits per heavy atom. The molecule has 0 bridgehead atoms. The maximum atomic E-state index is 12.8. The van der Waals surface area contributed by atoms with Gasteiger partial charge in [0.2, 0.25) is 0 Å². The molecule has 0 radical (unpaired) electrons. The normalized spacial score (nSPS) is 11.0. The first-order valence-corrected chi connectivity index (χ1v) is 10.4. The summed E-state index contributed by atoms with van der Waals surface area (Å²) in [5.74, 6) is 0.0859. The second-order valence-electron chi connectivity index (χ2n) is 7.42. The van der Waals surface area contributed by atoms with Gasteiger partial charge in [-0.05, 0) is 5.56 Å². The van der Waals surface area contributed by atoms with Crippen molar-refractivity contribution in [1.82, 2.24) is 29.6 Å². The third-order valence-corrected chi connectivity index (χ3v) is 5.19. The van der Waals surface area contributed by atoms with Gasteiger partial charge in [-0.3, -0.25) is 14.2 Å². The van der Waals surface area contributed by atoms with Gasteiger partial charge in [0, 0.05) is 12.1 Å². The minimum absolute atomic E-state index is 0.0129. The summed E-state index contributed by atoms with van der Waals surface area (Å²) in [5, 5.41) is 7.46. The summed E-state index contributed by atoms with van der Waals surface area (Å²) in [7, 11) is 0. The second kappa shape index (κ2) is 8.91. The molecule has 2 aromatic carbocycles. The number of fused-ring (bicyclic) bond motifs is 1. The van der Waals surface area contributed by atoms with E-state index in [4.69, 9.17) is 4.42 Å². The van der Waals surface area contributed by atoms with Gasteiger partial charge in [0.15, 0.2) is 11.4 Å². The van der Waals surface area contributed by atoms with Crippen LogP contribution in [0.5, 0.6) is 0 Å². The zero-order valence-corrected chi connectivity index (χ0v) is 17.6. The van der Waals surface area contributed by atoms with E-state index in [1.165, 1.54) is 18.7 Å². The van der Waals surface area contributed by atoms with E-state index in [0.717, 1.165) is 11.1 Å². The molecule has 33 heavy (non-hydrogen) atoms. The van der Waals surface area contributed by atoms with Gasteiger partial charge >= 0.3 is 5.91 Å². The maximum absolute atomic E-state index is 12.8. The molecular formula is C24H20N6O3. The zero-order valence-electron chi connectivity index (χ0n) is 17.6. The number of carbonyl (C=O) groups excluding carboxylic acids is 1. The predicted octanol–water partition coefficient (Wildman–Crippen LogP) is 2.73. The van der Waals surface area contributed by atoms with Gasteiger partial charge in [-0.25, -0.2) is 14.6 Å². The number of benzene rings is 2. The summed E-state index contributed by atoms with van der Waals surface area (Å²) in [6.45, 7) is 1.05. The Kier molecular flexibility index (Phi) is 5.50. The summed E-state index contributed by atoms with van der Waals surface area (Å²) in [5.41, 5.74) is 2.17. The molecule has 164 valence electrons. The van der Waals surface area contributed by atoms with E-state index in [9.17, 15) is 9.59 Å². The van der Waals surface area contributed by atoms with Gasteiger partial charge in [0.05, 0.1) is 25.5 Å². The van der Waals surface area contributed by atoms with Crippen LogP contribution >= 0.6 is 0 Å². The Labute approximate surface area is 188 Å². The Morgan fingerprint density at radius 1 is 0.970 bits per heavy atom. The molecule has 0 saturated heterocycles. The van der Waals surface area contributed by atoms with E-state index in [-0.39, 0.29) is 18.0 Å². The lowest BCUT2D eigenvalue weighted by Crippen LogP contribution is -2.28. The van der Waals surface area contributed by atoms with E-state index in [1.54, 1.807) is 9.25 Å². The van der Waals surface area contributed by atoms with E-state index in [2.05, 4.69) is 20.4 Å². The van der Waals surface area contributed by atoms with Gasteiger partial charge in [0.1, 0.15) is 11.7 Å². The largest absolute Gasteiger partial charge is 0.432 e. The molecule has 1 amide bonds. The maximum Gasteiger partial charge on any atom is 0.307 e. The highest BCUT2D eigenvalue weighted by molar-refractivity contribution is 5.90. The third kappa shape index (κ3) is 4.29. The van der Waals surface area contributed by atoms with Crippen LogP contribution in [0.2, 0.25) is 0 Å². The molecule has 5 aromatic rings. The number of nitrogens with zero attached hydrogens (tertiary/aromatic N) is 5. The van der Waals surface area contributed by atoms with Crippen LogP contribution in [-0.4, -0.2) is 36.8 Å². The molecule has 0 aliphatic rings. The fourth-order valence-electron chi connectivity index (χ4n) is 3.52. The highest BCUT2D eigenvalue weighted by atomic mass is 16.4. The molecule has 0 fully saturated rings. The number of oxazole rings is 1. The molecule has 3 aromatic heterocycles. The molecule has 0 spiro atoms. The van der Waals surface area contributed by atoms with E-state index in [1.807, 2.05) is 60.7 Å². The molecule has 0 atom stereocenters. The molecule has 0 aliphatic carbocycles. The molecule has 5 rings (SSSR count). The number of hydrogen-bond donors (Lipinski definition) is 1. The molecule has 9 nitrogen and oxygen atoms in total. The Bertz CT molecular complexity index is 1450. The number of nitrogens with one attached hydrogen (secondary N) is 1. The molecule has 0 unspecified atom stereocenters. The highest BCUT2D eigenvalue weighted by Crippen LogP contribution is 2.19. The second-order valence-corrected chi connectivity index (χ2v) is 7.42. The SMILES string of the molecule is O=C(NCCn1ncc2c(=O)n(Cc3ccccc3)cnc21)c1ncc(-c2ccccc2)o1. The number of aromatic nitrogens is 5. The van der Waals surface area contributed by atoms with Crippen LogP contribution in [0, 0.1) is 0 Å². The van der Waals surface area contributed by atoms with Crippen LogP contribution in [0.4, 0.5) is 0 Å². The van der Waals surface area contributed by atoms with Crippen molar-refractivity contribution in [2.24, 2.45) is 0 Å². The van der Waals surface area contributed by atoms with Crippen molar-refractivity contribution in [3.8, 4) is 11.3 Å². The first-order valence-electron chi connectivity index (χ1n) is 10.4. The lowest BCUT2D eigenvalue weighted by molar-refractivity contribution is 0.0918. The van der Waals surface area contributed by atoms with Crippen LogP contribution in [0.15, 0.2) is 88.6 Å². The summed E-state index contributed by atoms with van der Waals surface area (Å²) >= 11 is 0. The Balaban J connectivity index is 1.24. The van der Waals surface area contributed by atoms with Gasteiger partial charge in [-0.2, -0.15) is 5.10 Å². The number of rotatable bonds is 7. The standard InChI is InChI=1S/C24H20N6O3/c31-22(23-26-14-20(33-23)18-9-5-2-6-10-18)25-11-12-30-21-19(13-28-30)24(32)29(16-27-21)15-17-7-3-1-4-8-17/h1-10,13-14,16H,11-12,15H2,(H,25,31). The number of amides is 1. The Morgan fingerprint density at radius 3 is 2.52 bits per heavy atom. The van der Waals surface area contributed by atoms with Crippen molar-refractivity contribution in [1.29, 1.82) is 0 Å². The van der Waals surface area contributed by atoms with Crippen LogP contribution in [-0.2, 0) is 13.1 Å². The molecule has 0 saturated carbocycles. The summed E-state index contributed by atoms with van der Waals surface area (Å²) in [4.78, 5) is 33.7. The van der Waals surface area contributed by atoms with Crippen molar-refractivity contribution in [3.63, 3.8) is 0 Å². The van der Waals surface area contributed by atoms with Crippen molar-refractivity contribution >= 4 is 16.9 Å². The summed E-state index contributed by atoms with van der Waals surface area (Å²) in [6, 6.07) is 19.1. The quantitative estimate of drug-likeness (QED) is 0.417. The number of hydrogen-bond acceptors (Lipinski definition) is 6. The smallest absolute Gasteiger partial charge is 0.307 e. The average Bonchev–Trinajstić information content (AvgIpc) is 3.50. The van der Waals surface area contributed by atoms with Crippen LogP contribution in [0.1, 0.15) is 16.2 Å². The monoisotopic (exact) mass is 440 g/mol. The highest BCUT2D eigenvalue weighted by Gasteiger charge is 2.15. The van der Waals surface area contributed by atoms with Gasteiger partial charge in [0.25, 0.3) is 11.4 Å². The first kappa shape index (κ1) is 20.4. The van der Waals surface area contributed by atoms with Crippen molar-refractivity contribution in [3.05, 3.63) is 101 Å². The molecule has 1 N–H and O–H groups in total. The molecule has 9 heteroatoms. The van der Waals surface area contributed by atoms with Crippen molar-refractivity contribution < 1.29 is 9.21 Å². The summed E-state index contributed by atoms with van der Waals surface area (Å²) in [6.07, 6.45) is 4.55. The van der Waals surface area contributed by atoms with Crippen LogP contribution in [0.25, 0.3) is 22.4 Å². The first-order chi connectivity index (χ1) is 16.2. The van der Waals surface area contributed by atoms with Gasteiger partial charge < -0.3 is 9.73 Å². The van der Waals surface area contributed by atoms with E-state index >= 15 is 0 Å². The van der Waals surface area contributed by atoms with Crippen molar-refractivity contribution in [2.45, 2.75) is 13.1 Å². The third-order valence-electron chi connectivity index (χ3n) is 5.19. The van der Waals surface area contributed by atoms with Crippen LogP contribution < -0.4 is 10.9 Å². The minimum atomic E-state index is -0.424. The fraction of sp³-hybridized carbons (Fsp3) is 0.125. The number of carbonyl (C=O) groups is 1. The fourth-order valence-corrected chi connectivity index (χ4v) is 3.52. The van der Waals surface area contributed by atoms with Crippen LogP contribution in [0.3, 0.4) is 0 Å². The lowest BCUT2D eigenvalue weighted by atomic mass is 10.2. The average molecular weight is 440 g/mol. The minimum Gasteiger partial charge on any atom is -0.432 e. The Hall–Kier alpha value is -4.53. The van der Waals surface area contributed by atoms with Crippen molar-refractivity contribution in [2.75, 3.05) is 6.54 Å².